The number of halogens is 1. The Labute approximate surface area is 180 Å². The molecule has 0 N–H and O–H groups in total. The standard InChI is InChI=1S/C24H35ClN2O2/c1-3-8-19-18-20(25)12-13-22(19)23(9-4-2)26-14-16-27(17-15-26)24(28)29-21-10-6-5-7-11-21/h4,9,12-13,18,21,23H,3,5-8,10-11,14-17H2,1-2H3/b9-4+/t23-/m0/s1. The number of nitrogens with zero attached hydrogens (tertiary/aromatic N) is 2. The number of carbonyl (C=O) groups is 1. The summed E-state index contributed by atoms with van der Waals surface area (Å²) in [6.45, 7) is 7.41. The molecule has 0 spiro atoms. The molecule has 0 bridgehead atoms. The first kappa shape index (κ1) is 22.2. The fourth-order valence-electron chi connectivity index (χ4n) is 4.54. The topological polar surface area (TPSA) is 32.8 Å². The van der Waals surface area contributed by atoms with E-state index in [1.54, 1.807) is 0 Å². The van der Waals surface area contributed by atoms with Crippen molar-refractivity contribution in [2.45, 2.75) is 70.9 Å². The van der Waals surface area contributed by atoms with E-state index >= 15 is 0 Å². The Hall–Kier alpha value is -1.52. The molecule has 2 aliphatic rings. The third-order valence-corrected chi connectivity index (χ3v) is 6.34. The number of ether oxygens (including phenoxy) is 1. The fourth-order valence-corrected chi connectivity index (χ4v) is 4.73. The van der Waals surface area contributed by atoms with Crippen molar-refractivity contribution >= 4 is 17.7 Å². The van der Waals surface area contributed by atoms with Crippen molar-refractivity contribution in [3.63, 3.8) is 0 Å². The van der Waals surface area contributed by atoms with E-state index in [1.165, 1.54) is 30.4 Å². The lowest BCUT2D eigenvalue weighted by Gasteiger charge is -2.39. The number of rotatable bonds is 6. The lowest BCUT2D eigenvalue weighted by Crippen LogP contribution is -2.50. The summed E-state index contributed by atoms with van der Waals surface area (Å²) >= 11 is 6.26. The van der Waals surface area contributed by atoms with Gasteiger partial charge in [-0.2, -0.15) is 0 Å². The Morgan fingerprint density at radius 3 is 2.59 bits per heavy atom. The van der Waals surface area contributed by atoms with Crippen LogP contribution in [0.3, 0.4) is 0 Å². The van der Waals surface area contributed by atoms with Crippen molar-refractivity contribution in [1.82, 2.24) is 9.80 Å². The normalized spacial score (nSPS) is 20.2. The number of piperazine rings is 1. The lowest BCUT2D eigenvalue weighted by atomic mass is 9.95. The minimum Gasteiger partial charge on any atom is -0.446 e. The largest absolute Gasteiger partial charge is 0.446 e. The Bertz CT molecular complexity index is 692. The van der Waals surface area contributed by atoms with Crippen LogP contribution in [0.1, 0.15) is 69.5 Å². The van der Waals surface area contributed by atoms with Gasteiger partial charge in [0.15, 0.2) is 0 Å². The number of allylic oxidation sites excluding steroid dienone is 1. The summed E-state index contributed by atoms with van der Waals surface area (Å²) in [5.41, 5.74) is 2.65. The first-order valence-electron chi connectivity index (χ1n) is 11.2. The summed E-state index contributed by atoms with van der Waals surface area (Å²) in [6.07, 6.45) is 12.2. The molecular formula is C24H35ClN2O2. The predicted molar refractivity (Wildman–Crippen MR) is 120 cm³/mol. The van der Waals surface area contributed by atoms with Gasteiger partial charge < -0.3 is 9.64 Å². The lowest BCUT2D eigenvalue weighted by molar-refractivity contribution is 0.0297. The summed E-state index contributed by atoms with van der Waals surface area (Å²) in [6, 6.07) is 6.48. The van der Waals surface area contributed by atoms with Crippen LogP contribution >= 0.6 is 11.6 Å². The molecule has 5 heteroatoms. The summed E-state index contributed by atoms with van der Waals surface area (Å²) < 4.78 is 5.76. The van der Waals surface area contributed by atoms with Crippen LogP contribution in [0, 0.1) is 0 Å². The van der Waals surface area contributed by atoms with Gasteiger partial charge in [-0.15, -0.1) is 0 Å². The monoisotopic (exact) mass is 418 g/mol. The van der Waals surface area contributed by atoms with E-state index in [1.807, 2.05) is 11.0 Å². The molecule has 1 amide bonds. The average Bonchev–Trinajstić information content (AvgIpc) is 2.74. The quantitative estimate of drug-likeness (QED) is 0.531. The Morgan fingerprint density at radius 1 is 1.21 bits per heavy atom. The molecule has 1 saturated heterocycles. The van der Waals surface area contributed by atoms with Gasteiger partial charge in [0.2, 0.25) is 0 Å². The molecule has 1 saturated carbocycles. The van der Waals surface area contributed by atoms with Crippen LogP contribution in [-0.2, 0) is 11.2 Å². The molecule has 1 aromatic rings. The van der Waals surface area contributed by atoms with Crippen LogP contribution in [0.2, 0.25) is 5.02 Å². The number of hydrogen-bond donors (Lipinski definition) is 0. The van der Waals surface area contributed by atoms with E-state index in [4.69, 9.17) is 16.3 Å². The van der Waals surface area contributed by atoms with Crippen LogP contribution in [0.4, 0.5) is 4.79 Å². The van der Waals surface area contributed by atoms with Crippen LogP contribution in [0.15, 0.2) is 30.4 Å². The maximum absolute atomic E-state index is 12.6. The van der Waals surface area contributed by atoms with Gasteiger partial charge in [-0.25, -0.2) is 4.79 Å². The van der Waals surface area contributed by atoms with Crippen molar-refractivity contribution in [3.05, 3.63) is 46.5 Å². The zero-order valence-corrected chi connectivity index (χ0v) is 18.7. The highest BCUT2D eigenvalue weighted by molar-refractivity contribution is 6.30. The van der Waals surface area contributed by atoms with E-state index in [-0.39, 0.29) is 18.2 Å². The minimum atomic E-state index is -0.128. The van der Waals surface area contributed by atoms with Gasteiger partial charge in [-0.05, 0) is 62.3 Å². The highest BCUT2D eigenvalue weighted by Gasteiger charge is 2.29. The van der Waals surface area contributed by atoms with Crippen LogP contribution in [0.5, 0.6) is 0 Å². The number of carbonyl (C=O) groups excluding carboxylic acids is 1. The predicted octanol–water partition coefficient (Wildman–Crippen LogP) is 6.00. The second-order valence-corrected chi connectivity index (χ2v) is 8.67. The highest BCUT2D eigenvalue weighted by Crippen LogP contribution is 2.30. The molecule has 1 heterocycles. The zero-order chi connectivity index (χ0) is 20.6. The summed E-state index contributed by atoms with van der Waals surface area (Å²) in [4.78, 5) is 16.9. The Balaban J connectivity index is 1.63. The van der Waals surface area contributed by atoms with Crippen molar-refractivity contribution in [2.75, 3.05) is 26.2 Å². The first-order valence-corrected chi connectivity index (χ1v) is 11.6. The smallest absolute Gasteiger partial charge is 0.410 e. The molecular weight excluding hydrogens is 384 g/mol. The van der Waals surface area contributed by atoms with Crippen molar-refractivity contribution in [1.29, 1.82) is 0 Å². The molecule has 1 aromatic carbocycles. The van der Waals surface area contributed by atoms with Gasteiger partial charge in [0, 0.05) is 31.2 Å². The molecule has 160 valence electrons. The SMILES string of the molecule is C/C=C/[C@@H](c1ccc(Cl)cc1CCC)N1CCN(C(=O)OC2CCCCC2)CC1. The van der Waals surface area contributed by atoms with Gasteiger partial charge in [0.05, 0.1) is 6.04 Å². The molecule has 1 aliphatic carbocycles. The molecule has 3 rings (SSSR count). The number of hydrogen-bond acceptors (Lipinski definition) is 3. The van der Waals surface area contributed by atoms with Crippen molar-refractivity contribution in [2.24, 2.45) is 0 Å². The maximum Gasteiger partial charge on any atom is 0.410 e. The second kappa shape index (κ2) is 11.0. The fraction of sp³-hybridized carbons (Fsp3) is 0.625. The zero-order valence-electron chi connectivity index (χ0n) is 17.9. The number of benzene rings is 1. The van der Waals surface area contributed by atoms with Gasteiger partial charge in [-0.1, -0.05) is 49.6 Å². The van der Waals surface area contributed by atoms with E-state index in [9.17, 15) is 4.79 Å². The molecule has 1 aliphatic heterocycles. The first-order chi connectivity index (χ1) is 14.1. The number of aryl methyl sites for hydroxylation is 1. The van der Waals surface area contributed by atoms with Gasteiger partial charge in [0.1, 0.15) is 6.10 Å². The third kappa shape index (κ3) is 5.99. The molecule has 0 aromatic heterocycles. The molecule has 1 atom stereocenters. The van der Waals surface area contributed by atoms with Crippen molar-refractivity contribution in [3.8, 4) is 0 Å². The van der Waals surface area contributed by atoms with Crippen LogP contribution < -0.4 is 0 Å². The Kier molecular flexibility index (Phi) is 8.43. The average molecular weight is 419 g/mol. The minimum absolute atomic E-state index is 0.121. The summed E-state index contributed by atoms with van der Waals surface area (Å²) in [7, 11) is 0. The van der Waals surface area contributed by atoms with Gasteiger partial charge in [-0.3, -0.25) is 4.90 Å². The van der Waals surface area contributed by atoms with E-state index in [2.05, 4.69) is 43.0 Å². The molecule has 2 fully saturated rings. The van der Waals surface area contributed by atoms with Crippen molar-refractivity contribution < 1.29 is 9.53 Å². The molecule has 4 nitrogen and oxygen atoms in total. The van der Waals surface area contributed by atoms with Gasteiger partial charge in [0.25, 0.3) is 0 Å². The van der Waals surface area contributed by atoms with Crippen LogP contribution in [-0.4, -0.2) is 48.2 Å². The highest BCUT2D eigenvalue weighted by atomic mass is 35.5. The molecule has 29 heavy (non-hydrogen) atoms. The summed E-state index contributed by atoms with van der Waals surface area (Å²) in [5, 5.41) is 0.798. The van der Waals surface area contributed by atoms with E-state index in [0.717, 1.165) is 56.9 Å². The molecule has 0 unspecified atom stereocenters. The third-order valence-electron chi connectivity index (χ3n) is 6.10. The maximum atomic E-state index is 12.6. The van der Waals surface area contributed by atoms with E-state index in [0.29, 0.717) is 0 Å². The Morgan fingerprint density at radius 2 is 1.93 bits per heavy atom. The van der Waals surface area contributed by atoms with Crippen LogP contribution in [0.25, 0.3) is 0 Å². The summed E-state index contributed by atoms with van der Waals surface area (Å²) in [5.74, 6) is 0. The second-order valence-electron chi connectivity index (χ2n) is 8.23. The number of amides is 1. The molecule has 0 radical (unpaired) electrons. The van der Waals surface area contributed by atoms with Gasteiger partial charge >= 0.3 is 6.09 Å². The van der Waals surface area contributed by atoms with E-state index < -0.39 is 0 Å².